The molecular formula is C15H24N2O. The normalized spacial score (nSPS) is 11.4. The molecule has 0 aliphatic carbocycles. The quantitative estimate of drug-likeness (QED) is 0.753. The summed E-state index contributed by atoms with van der Waals surface area (Å²) in [6.45, 7) is 10.8. The van der Waals surface area contributed by atoms with E-state index >= 15 is 0 Å². The lowest BCUT2D eigenvalue weighted by Crippen LogP contribution is -2.19. The van der Waals surface area contributed by atoms with Crippen LogP contribution in [-0.2, 0) is 6.54 Å². The largest absolute Gasteiger partial charge is 0.473 e. The second-order valence-corrected chi connectivity index (χ2v) is 4.86. The smallest absolute Gasteiger partial charge is 0.214 e. The fraction of sp³-hybridized carbons (Fsp3) is 0.533. The molecule has 3 nitrogen and oxygen atoms in total. The number of pyridine rings is 1. The Hall–Kier alpha value is -1.35. The molecule has 1 aromatic rings. The molecule has 1 heterocycles. The number of hydrogen-bond acceptors (Lipinski definition) is 3. The molecule has 0 saturated heterocycles. The summed E-state index contributed by atoms with van der Waals surface area (Å²) in [5, 5.41) is 3.43. The Morgan fingerprint density at radius 1 is 1.39 bits per heavy atom. The molecule has 1 rings (SSSR count). The van der Waals surface area contributed by atoms with Gasteiger partial charge in [0.15, 0.2) is 0 Å². The van der Waals surface area contributed by atoms with Crippen LogP contribution in [0.15, 0.2) is 24.3 Å². The van der Waals surface area contributed by atoms with Gasteiger partial charge in [-0.15, -0.1) is 0 Å². The standard InChI is InChI=1S/C15H24N2O/c1-5-6-7-18-15-9-14(8-13(4)17-15)11-16-10-12(2)3/h5-6,8-9,12,16H,7,10-11H2,1-4H3/b6-5+. The Morgan fingerprint density at radius 3 is 2.83 bits per heavy atom. The Kier molecular flexibility index (Phi) is 6.44. The van der Waals surface area contributed by atoms with Crippen molar-refractivity contribution in [2.24, 2.45) is 5.92 Å². The van der Waals surface area contributed by atoms with Crippen LogP contribution in [0.2, 0.25) is 0 Å². The maximum absolute atomic E-state index is 5.57. The van der Waals surface area contributed by atoms with E-state index < -0.39 is 0 Å². The lowest BCUT2D eigenvalue weighted by atomic mass is 10.2. The van der Waals surface area contributed by atoms with E-state index in [2.05, 4.69) is 30.2 Å². The molecule has 1 aromatic heterocycles. The zero-order chi connectivity index (χ0) is 13.4. The van der Waals surface area contributed by atoms with Crippen molar-refractivity contribution in [3.05, 3.63) is 35.5 Å². The van der Waals surface area contributed by atoms with E-state index in [1.165, 1.54) is 5.56 Å². The molecule has 0 spiro atoms. The Labute approximate surface area is 110 Å². The number of ether oxygens (including phenoxy) is 1. The first-order valence-electron chi connectivity index (χ1n) is 6.54. The number of nitrogens with zero attached hydrogens (tertiary/aromatic N) is 1. The molecule has 0 bridgehead atoms. The lowest BCUT2D eigenvalue weighted by molar-refractivity contribution is 0.347. The fourth-order valence-corrected chi connectivity index (χ4v) is 1.62. The first-order chi connectivity index (χ1) is 8.61. The summed E-state index contributed by atoms with van der Waals surface area (Å²) in [6.07, 6.45) is 3.95. The van der Waals surface area contributed by atoms with Gasteiger partial charge in [0.2, 0.25) is 5.88 Å². The highest BCUT2D eigenvalue weighted by atomic mass is 16.5. The Balaban J connectivity index is 2.56. The molecule has 1 N–H and O–H groups in total. The molecule has 18 heavy (non-hydrogen) atoms. The molecule has 0 aromatic carbocycles. The second kappa shape index (κ2) is 7.88. The minimum Gasteiger partial charge on any atom is -0.473 e. The van der Waals surface area contributed by atoms with Crippen LogP contribution >= 0.6 is 0 Å². The van der Waals surface area contributed by atoms with E-state index in [0.717, 1.165) is 18.8 Å². The molecule has 0 atom stereocenters. The lowest BCUT2D eigenvalue weighted by Gasteiger charge is -2.10. The molecule has 3 heteroatoms. The third-order valence-corrected chi connectivity index (χ3v) is 2.43. The van der Waals surface area contributed by atoms with E-state index in [4.69, 9.17) is 4.74 Å². The maximum atomic E-state index is 5.57. The summed E-state index contributed by atoms with van der Waals surface area (Å²) in [7, 11) is 0. The van der Waals surface area contributed by atoms with Crippen molar-refractivity contribution in [2.45, 2.75) is 34.2 Å². The van der Waals surface area contributed by atoms with Crippen LogP contribution in [0, 0.1) is 12.8 Å². The summed E-state index contributed by atoms with van der Waals surface area (Å²) >= 11 is 0. The van der Waals surface area contributed by atoms with Crippen LogP contribution in [-0.4, -0.2) is 18.1 Å². The molecule has 0 amide bonds. The molecule has 0 unspecified atom stereocenters. The zero-order valence-electron chi connectivity index (χ0n) is 11.9. The zero-order valence-corrected chi connectivity index (χ0v) is 11.9. The van der Waals surface area contributed by atoms with Crippen molar-refractivity contribution in [3.63, 3.8) is 0 Å². The molecule has 0 saturated carbocycles. The van der Waals surface area contributed by atoms with Crippen molar-refractivity contribution in [1.82, 2.24) is 10.3 Å². The van der Waals surface area contributed by atoms with Gasteiger partial charge >= 0.3 is 0 Å². The van der Waals surface area contributed by atoms with Crippen LogP contribution < -0.4 is 10.1 Å². The van der Waals surface area contributed by atoms with Gasteiger partial charge in [-0.25, -0.2) is 4.98 Å². The van der Waals surface area contributed by atoms with Gasteiger partial charge in [-0.1, -0.05) is 26.0 Å². The number of aryl methyl sites for hydroxylation is 1. The van der Waals surface area contributed by atoms with Crippen molar-refractivity contribution < 1.29 is 4.74 Å². The maximum Gasteiger partial charge on any atom is 0.214 e. The summed E-state index contributed by atoms with van der Waals surface area (Å²) in [4.78, 5) is 4.36. The van der Waals surface area contributed by atoms with Gasteiger partial charge in [0.05, 0.1) is 0 Å². The second-order valence-electron chi connectivity index (χ2n) is 4.86. The van der Waals surface area contributed by atoms with Gasteiger partial charge in [-0.05, 0) is 37.9 Å². The van der Waals surface area contributed by atoms with Crippen LogP contribution in [0.3, 0.4) is 0 Å². The first kappa shape index (κ1) is 14.7. The number of hydrogen-bond donors (Lipinski definition) is 1. The van der Waals surface area contributed by atoms with E-state index in [1.54, 1.807) is 0 Å². The highest BCUT2D eigenvalue weighted by Gasteiger charge is 2.01. The van der Waals surface area contributed by atoms with E-state index in [-0.39, 0.29) is 0 Å². The van der Waals surface area contributed by atoms with Gasteiger partial charge in [-0.2, -0.15) is 0 Å². The van der Waals surface area contributed by atoms with E-state index in [1.807, 2.05) is 32.1 Å². The average Bonchev–Trinajstić information content (AvgIpc) is 2.28. The SMILES string of the molecule is C/C=C/COc1cc(CNCC(C)C)cc(C)n1. The van der Waals surface area contributed by atoms with Gasteiger partial charge in [0, 0.05) is 18.3 Å². The average molecular weight is 248 g/mol. The summed E-state index contributed by atoms with van der Waals surface area (Å²) in [5.41, 5.74) is 2.22. The van der Waals surface area contributed by atoms with Gasteiger partial charge in [0.25, 0.3) is 0 Å². The highest BCUT2D eigenvalue weighted by Crippen LogP contribution is 2.12. The predicted octanol–water partition coefficient (Wildman–Crippen LogP) is 3.09. The predicted molar refractivity (Wildman–Crippen MR) is 75.8 cm³/mol. The number of allylic oxidation sites excluding steroid dienone is 1. The highest BCUT2D eigenvalue weighted by molar-refractivity contribution is 5.24. The Morgan fingerprint density at radius 2 is 2.17 bits per heavy atom. The van der Waals surface area contributed by atoms with Crippen molar-refractivity contribution in [1.29, 1.82) is 0 Å². The van der Waals surface area contributed by atoms with E-state index in [9.17, 15) is 0 Å². The number of nitrogens with one attached hydrogen (secondary N) is 1. The van der Waals surface area contributed by atoms with Gasteiger partial charge in [0.1, 0.15) is 6.61 Å². The third kappa shape index (κ3) is 5.82. The van der Waals surface area contributed by atoms with Gasteiger partial charge in [-0.3, -0.25) is 0 Å². The third-order valence-electron chi connectivity index (χ3n) is 2.43. The van der Waals surface area contributed by atoms with Crippen LogP contribution in [0.1, 0.15) is 32.0 Å². The van der Waals surface area contributed by atoms with Crippen LogP contribution in [0.5, 0.6) is 5.88 Å². The molecule has 0 radical (unpaired) electrons. The van der Waals surface area contributed by atoms with Crippen molar-refractivity contribution in [3.8, 4) is 5.88 Å². The van der Waals surface area contributed by atoms with Crippen molar-refractivity contribution in [2.75, 3.05) is 13.2 Å². The molecular weight excluding hydrogens is 224 g/mol. The summed E-state index contributed by atoms with van der Waals surface area (Å²) in [6, 6.07) is 4.10. The Bertz CT molecular complexity index is 386. The number of rotatable bonds is 7. The fourth-order valence-electron chi connectivity index (χ4n) is 1.62. The van der Waals surface area contributed by atoms with Crippen molar-refractivity contribution >= 4 is 0 Å². The summed E-state index contributed by atoms with van der Waals surface area (Å²) < 4.78 is 5.57. The molecule has 0 aliphatic rings. The van der Waals surface area contributed by atoms with E-state index in [0.29, 0.717) is 18.4 Å². The van der Waals surface area contributed by atoms with Crippen LogP contribution in [0.25, 0.3) is 0 Å². The number of aromatic nitrogens is 1. The summed E-state index contributed by atoms with van der Waals surface area (Å²) in [5.74, 6) is 1.37. The molecule has 0 aliphatic heterocycles. The minimum absolute atomic E-state index is 0.575. The first-order valence-corrected chi connectivity index (χ1v) is 6.54. The van der Waals surface area contributed by atoms with Gasteiger partial charge < -0.3 is 10.1 Å². The molecule has 0 fully saturated rings. The topological polar surface area (TPSA) is 34.1 Å². The van der Waals surface area contributed by atoms with Crippen LogP contribution in [0.4, 0.5) is 0 Å². The minimum atomic E-state index is 0.575. The monoisotopic (exact) mass is 248 g/mol. The molecule has 100 valence electrons.